The van der Waals surface area contributed by atoms with E-state index in [2.05, 4.69) is 23.7 Å². The van der Waals surface area contributed by atoms with E-state index in [-0.39, 0.29) is 24.2 Å². The number of nitrogens with one attached hydrogen (secondary N) is 1. The predicted octanol–water partition coefficient (Wildman–Crippen LogP) is 1.99. The van der Waals surface area contributed by atoms with Crippen molar-refractivity contribution in [3.63, 3.8) is 0 Å². The van der Waals surface area contributed by atoms with Crippen LogP contribution in [0.2, 0.25) is 0 Å². The van der Waals surface area contributed by atoms with Gasteiger partial charge in [-0.05, 0) is 35.7 Å². The number of hydrogen-bond acceptors (Lipinski definition) is 4. The molecule has 1 aromatic rings. The van der Waals surface area contributed by atoms with Crippen LogP contribution in [0.5, 0.6) is 0 Å². The average molecular weight is 268 g/mol. The van der Waals surface area contributed by atoms with Crippen LogP contribution in [0, 0.1) is 0 Å². The SMILES string of the molecule is CCC(COC)N1C(=O)C(C)NC1c1ccsc1. The fraction of sp³-hybridized carbons (Fsp3) is 0.615. The van der Waals surface area contributed by atoms with E-state index in [0.29, 0.717) is 6.61 Å². The van der Waals surface area contributed by atoms with Gasteiger partial charge in [0.25, 0.3) is 0 Å². The number of amides is 1. The lowest BCUT2D eigenvalue weighted by atomic mass is 10.1. The summed E-state index contributed by atoms with van der Waals surface area (Å²) in [5.74, 6) is 0.162. The highest BCUT2D eigenvalue weighted by atomic mass is 32.1. The van der Waals surface area contributed by atoms with Gasteiger partial charge < -0.3 is 9.64 Å². The Morgan fingerprint density at radius 1 is 1.61 bits per heavy atom. The van der Waals surface area contributed by atoms with Crippen LogP contribution >= 0.6 is 11.3 Å². The standard InChI is InChI=1S/C13H20N2O2S/c1-4-11(7-17-3)15-12(10-5-6-18-8-10)14-9(2)13(15)16/h5-6,8-9,11-12,14H,4,7H2,1-3H3. The molecule has 18 heavy (non-hydrogen) atoms. The maximum Gasteiger partial charge on any atom is 0.241 e. The van der Waals surface area contributed by atoms with Gasteiger partial charge in [0.1, 0.15) is 6.17 Å². The minimum absolute atomic E-state index is 0.0150. The Balaban J connectivity index is 2.25. The lowest BCUT2D eigenvalue weighted by Crippen LogP contribution is -2.42. The first kappa shape index (κ1) is 13.5. The van der Waals surface area contributed by atoms with Gasteiger partial charge in [0, 0.05) is 7.11 Å². The van der Waals surface area contributed by atoms with Crippen molar-refractivity contribution in [3.05, 3.63) is 22.4 Å². The second-order valence-corrected chi connectivity index (χ2v) is 5.39. The van der Waals surface area contributed by atoms with E-state index in [9.17, 15) is 4.79 Å². The zero-order chi connectivity index (χ0) is 13.1. The molecule has 1 aromatic heterocycles. The van der Waals surface area contributed by atoms with Crippen LogP contribution in [0.1, 0.15) is 32.0 Å². The number of carbonyl (C=O) groups is 1. The van der Waals surface area contributed by atoms with Gasteiger partial charge >= 0.3 is 0 Å². The van der Waals surface area contributed by atoms with E-state index in [1.54, 1.807) is 18.4 Å². The zero-order valence-electron chi connectivity index (χ0n) is 11.1. The molecular weight excluding hydrogens is 248 g/mol. The van der Waals surface area contributed by atoms with Crippen molar-refractivity contribution in [1.82, 2.24) is 10.2 Å². The van der Waals surface area contributed by atoms with Crippen molar-refractivity contribution in [2.45, 2.75) is 38.5 Å². The van der Waals surface area contributed by atoms with Gasteiger partial charge in [0.05, 0.1) is 18.7 Å². The Labute approximate surface area is 112 Å². The molecule has 1 fully saturated rings. The number of ether oxygens (including phenoxy) is 1. The summed E-state index contributed by atoms with van der Waals surface area (Å²) >= 11 is 1.65. The molecule has 3 atom stereocenters. The zero-order valence-corrected chi connectivity index (χ0v) is 11.9. The van der Waals surface area contributed by atoms with Crippen molar-refractivity contribution >= 4 is 17.2 Å². The molecule has 5 heteroatoms. The van der Waals surface area contributed by atoms with E-state index in [4.69, 9.17) is 4.74 Å². The fourth-order valence-electron chi connectivity index (χ4n) is 2.40. The number of carbonyl (C=O) groups excluding carboxylic acids is 1. The average Bonchev–Trinajstić information content (AvgIpc) is 2.97. The van der Waals surface area contributed by atoms with Gasteiger partial charge in [-0.15, -0.1) is 0 Å². The first-order valence-corrected chi connectivity index (χ1v) is 7.22. The molecule has 2 rings (SSSR count). The summed E-state index contributed by atoms with van der Waals surface area (Å²) in [5, 5.41) is 7.49. The lowest BCUT2D eigenvalue weighted by Gasteiger charge is -2.31. The van der Waals surface area contributed by atoms with Crippen molar-refractivity contribution < 1.29 is 9.53 Å². The first-order chi connectivity index (χ1) is 8.69. The number of hydrogen-bond donors (Lipinski definition) is 1. The molecule has 1 aliphatic rings. The Morgan fingerprint density at radius 2 is 2.39 bits per heavy atom. The lowest BCUT2D eigenvalue weighted by molar-refractivity contribution is -0.133. The molecule has 1 aliphatic heterocycles. The number of methoxy groups -OCH3 is 1. The van der Waals surface area contributed by atoms with Crippen LogP contribution in [0.25, 0.3) is 0 Å². The van der Waals surface area contributed by atoms with Gasteiger partial charge in [-0.3, -0.25) is 10.1 Å². The van der Waals surface area contributed by atoms with Gasteiger partial charge in [-0.25, -0.2) is 0 Å². The quantitative estimate of drug-likeness (QED) is 0.888. The number of rotatable bonds is 5. The molecule has 1 amide bonds. The number of nitrogens with zero attached hydrogens (tertiary/aromatic N) is 1. The molecular formula is C13H20N2O2S. The van der Waals surface area contributed by atoms with Gasteiger partial charge in [-0.2, -0.15) is 11.3 Å². The maximum atomic E-state index is 12.3. The third-order valence-corrected chi connectivity index (χ3v) is 4.10. The van der Waals surface area contributed by atoms with Crippen molar-refractivity contribution in [3.8, 4) is 0 Å². The largest absolute Gasteiger partial charge is 0.383 e. The van der Waals surface area contributed by atoms with E-state index < -0.39 is 0 Å². The third-order valence-electron chi connectivity index (χ3n) is 3.39. The Morgan fingerprint density at radius 3 is 2.94 bits per heavy atom. The Kier molecular flexibility index (Phi) is 4.37. The summed E-state index contributed by atoms with van der Waals surface area (Å²) in [4.78, 5) is 14.2. The van der Waals surface area contributed by atoms with Crippen LogP contribution in [0.3, 0.4) is 0 Å². The molecule has 3 unspecified atom stereocenters. The first-order valence-electron chi connectivity index (χ1n) is 6.28. The minimum atomic E-state index is -0.124. The smallest absolute Gasteiger partial charge is 0.241 e. The second-order valence-electron chi connectivity index (χ2n) is 4.61. The molecule has 1 N–H and O–H groups in total. The number of thiophene rings is 1. The summed E-state index contributed by atoms with van der Waals surface area (Å²) in [6.07, 6.45) is 0.882. The third kappa shape index (κ3) is 2.43. The second kappa shape index (κ2) is 5.82. The molecule has 1 saturated heterocycles. The molecule has 2 heterocycles. The Hall–Kier alpha value is -0.910. The van der Waals surface area contributed by atoms with E-state index in [0.717, 1.165) is 12.0 Å². The van der Waals surface area contributed by atoms with Crippen molar-refractivity contribution in [2.24, 2.45) is 0 Å². The van der Waals surface area contributed by atoms with Gasteiger partial charge in [-0.1, -0.05) is 6.92 Å². The van der Waals surface area contributed by atoms with Crippen molar-refractivity contribution in [1.29, 1.82) is 0 Å². The minimum Gasteiger partial charge on any atom is -0.383 e. The molecule has 0 radical (unpaired) electrons. The van der Waals surface area contributed by atoms with Crippen LogP contribution in [0.4, 0.5) is 0 Å². The molecule has 100 valence electrons. The van der Waals surface area contributed by atoms with Crippen LogP contribution < -0.4 is 5.32 Å². The topological polar surface area (TPSA) is 41.6 Å². The fourth-order valence-corrected chi connectivity index (χ4v) is 3.08. The normalized spacial score (nSPS) is 25.7. The maximum absolute atomic E-state index is 12.3. The predicted molar refractivity (Wildman–Crippen MR) is 72.5 cm³/mol. The van der Waals surface area contributed by atoms with Gasteiger partial charge in [0.2, 0.25) is 5.91 Å². The van der Waals surface area contributed by atoms with Gasteiger partial charge in [0.15, 0.2) is 0 Å². The van der Waals surface area contributed by atoms with Crippen LogP contribution in [0.15, 0.2) is 16.8 Å². The molecule has 4 nitrogen and oxygen atoms in total. The van der Waals surface area contributed by atoms with Crippen LogP contribution in [-0.2, 0) is 9.53 Å². The molecule has 0 spiro atoms. The van der Waals surface area contributed by atoms with Crippen molar-refractivity contribution in [2.75, 3.05) is 13.7 Å². The highest BCUT2D eigenvalue weighted by Crippen LogP contribution is 2.29. The Bertz CT molecular complexity index is 394. The monoisotopic (exact) mass is 268 g/mol. The summed E-state index contributed by atoms with van der Waals surface area (Å²) in [6.45, 7) is 4.59. The van der Waals surface area contributed by atoms with Crippen LogP contribution in [-0.4, -0.2) is 36.6 Å². The van der Waals surface area contributed by atoms with E-state index >= 15 is 0 Å². The summed E-state index contributed by atoms with van der Waals surface area (Å²) in [7, 11) is 1.68. The highest BCUT2D eigenvalue weighted by molar-refractivity contribution is 7.07. The summed E-state index contributed by atoms with van der Waals surface area (Å²) in [5.41, 5.74) is 1.16. The molecule has 0 aromatic carbocycles. The summed E-state index contributed by atoms with van der Waals surface area (Å²) in [6, 6.07) is 2.07. The highest BCUT2D eigenvalue weighted by Gasteiger charge is 2.40. The van der Waals surface area contributed by atoms with E-state index in [1.807, 2.05) is 17.2 Å². The molecule has 0 saturated carbocycles. The van der Waals surface area contributed by atoms with E-state index in [1.165, 1.54) is 0 Å². The molecule has 0 bridgehead atoms. The summed E-state index contributed by atoms with van der Waals surface area (Å²) < 4.78 is 5.24. The molecule has 0 aliphatic carbocycles.